The molecule has 1 aliphatic rings. The number of ether oxygens (including phenoxy) is 1. The molecular formula is C14H18N2O3. The van der Waals surface area contributed by atoms with Crippen LogP contribution < -0.4 is 15.4 Å². The van der Waals surface area contributed by atoms with E-state index in [0.29, 0.717) is 19.4 Å². The molecule has 5 nitrogen and oxygen atoms in total. The second-order valence-corrected chi connectivity index (χ2v) is 4.64. The summed E-state index contributed by atoms with van der Waals surface area (Å²) < 4.78 is 5.12. The predicted molar refractivity (Wildman–Crippen MR) is 70.9 cm³/mol. The van der Waals surface area contributed by atoms with E-state index in [2.05, 4.69) is 10.6 Å². The molecule has 0 spiro atoms. The number of benzene rings is 1. The van der Waals surface area contributed by atoms with Crippen molar-refractivity contribution in [1.82, 2.24) is 10.6 Å². The van der Waals surface area contributed by atoms with Crippen LogP contribution in [-0.4, -0.2) is 31.5 Å². The number of hydrogen-bond donors (Lipinski definition) is 2. The minimum Gasteiger partial charge on any atom is -0.497 e. The quantitative estimate of drug-likeness (QED) is 0.836. The molecule has 1 unspecified atom stereocenters. The van der Waals surface area contributed by atoms with E-state index in [1.54, 1.807) is 7.11 Å². The number of methoxy groups -OCH3 is 1. The lowest BCUT2D eigenvalue weighted by Crippen LogP contribution is -2.45. The van der Waals surface area contributed by atoms with Crippen LogP contribution in [0.15, 0.2) is 24.3 Å². The van der Waals surface area contributed by atoms with Crippen molar-refractivity contribution in [2.24, 2.45) is 0 Å². The minimum absolute atomic E-state index is 0.00192. The highest BCUT2D eigenvalue weighted by molar-refractivity contribution is 5.81. The molecule has 0 aliphatic carbocycles. The van der Waals surface area contributed by atoms with Crippen molar-refractivity contribution >= 4 is 11.8 Å². The second-order valence-electron chi connectivity index (χ2n) is 4.64. The zero-order valence-corrected chi connectivity index (χ0v) is 10.9. The van der Waals surface area contributed by atoms with Crippen LogP contribution in [0.3, 0.4) is 0 Å². The van der Waals surface area contributed by atoms with Gasteiger partial charge in [-0.3, -0.25) is 9.59 Å². The number of hydrogen-bond acceptors (Lipinski definition) is 3. The second kappa shape index (κ2) is 6.22. The molecule has 1 fully saturated rings. The Bertz CT molecular complexity index is 474. The van der Waals surface area contributed by atoms with Crippen molar-refractivity contribution in [1.29, 1.82) is 0 Å². The average Bonchev–Trinajstić information content (AvgIpc) is 2.38. The van der Waals surface area contributed by atoms with Gasteiger partial charge in [0.2, 0.25) is 11.8 Å². The van der Waals surface area contributed by atoms with E-state index < -0.39 is 0 Å². The third kappa shape index (κ3) is 3.98. The van der Waals surface area contributed by atoms with Crippen LogP contribution in [0.25, 0.3) is 0 Å². The van der Waals surface area contributed by atoms with Gasteiger partial charge in [-0.25, -0.2) is 0 Å². The van der Waals surface area contributed by atoms with Crippen LogP contribution >= 0.6 is 0 Å². The van der Waals surface area contributed by atoms with E-state index in [-0.39, 0.29) is 17.9 Å². The molecule has 1 heterocycles. The molecule has 1 saturated heterocycles. The Morgan fingerprint density at radius 1 is 1.53 bits per heavy atom. The lowest BCUT2D eigenvalue weighted by atomic mass is 10.1. The average molecular weight is 262 g/mol. The van der Waals surface area contributed by atoms with Gasteiger partial charge in [0.05, 0.1) is 13.5 Å². The van der Waals surface area contributed by atoms with Crippen LogP contribution in [0.1, 0.15) is 18.4 Å². The van der Waals surface area contributed by atoms with Gasteiger partial charge in [-0.2, -0.15) is 0 Å². The zero-order valence-electron chi connectivity index (χ0n) is 10.9. The number of piperidine rings is 1. The number of rotatable bonds is 4. The molecule has 102 valence electrons. The maximum Gasteiger partial charge on any atom is 0.224 e. The number of carbonyl (C=O) groups excluding carboxylic acids is 2. The maximum absolute atomic E-state index is 11.9. The molecular weight excluding hydrogens is 244 g/mol. The van der Waals surface area contributed by atoms with Crippen molar-refractivity contribution in [2.45, 2.75) is 25.3 Å². The highest BCUT2D eigenvalue weighted by Gasteiger charge is 2.20. The summed E-state index contributed by atoms with van der Waals surface area (Å²) >= 11 is 0. The largest absolute Gasteiger partial charge is 0.497 e. The smallest absolute Gasteiger partial charge is 0.224 e. The summed E-state index contributed by atoms with van der Waals surface area (Å²) in [6.07, 6.45) is 1.45. The van der Waals surface area contributed by atoms with E-state index in [4.69, 9.17) is 4.74 Å². The van der Waals surface area contributed by atoms with E-state index in [0.717, 1.165) is 17.7 Å². The number of amides is 2. The lowest BCUT2D eigenvalue weighted by molar-refractivity contribution is -0.124. The van der Waals surface area contributed by atoms with E-state index >= 15 is 0 Å². The SMILES string of the molecule is COc1cccc(CC(=O)NC2CCNC(=O)C2)c1. The normalized spacial score (nSPS) is 18.6. The van der Waals surface area contributed by atoms with Crippen LogP contribution in [0, 0.1) is 0 Å². The van der Waals surface area contributed by atoms with Crippen molar-refractivity contribution in [2.75, 3.05) is 13.7 Å². The fourth-order valence-corrected chi connectivity index (χ4v) is 2.15. The molecule has 0 bridgehead atoms. The Balaban J connectivity index is 1.88. The minimum atomic E-state index is -0.0621. The van der Waals surface area contributed by atoms with Gasteiger partial charge in [-0.1, -0.05) is 12.1 Å². The Morgan fingerprint density at radius 3 is 3.11 bits per heavy atom. The molecule has 1 aromatic rings. The standard InChI is InChI=1S/C14H18N2O3/c1-19-12-4-2-3-10(7-12)8-14(18)16-11-5-6-15-13(17)9-11/h2-4,7,11H,5-6,8-9H2,1H3,(H,15,17)(H,16,18). The first-order valence-electron chi connectivity index (χ1n) is 6.36. The highest BCUT2D eigenvalue weighted by atomic mass is 16.5. The topological polar surface area (TPSA) is 67.4 Å². The molecule has 2 rings (SSSR count). The molecule has 5 heteroatoms. The van der Waals surface area contributed by atoms with Crippen LogP contribution in [-0.2, 0) is 16.0 Å². The summed E-state index contributed by atoms with van der Waals surface area (Å²) in [7, 11) is 1.60. The van der Waals surface area contributed by atoms with Crippen molar-refractivity contribution in [3.05, 3.63) is 29.8 Å². The summed E-state index contributed by atoms with van der Waals surface area (Å²) in [5.41, 5.74) is 0.900. The van der Waals surface area contributed by atoms with Gasteiger partial charge in [0.1, 0.15) is 5.75 Å². The molecule has 0 radical (unpaired) electrons. The Morgan fingerprint density at radius 2 is 2.37 bits per heavy atom. The highest BCUT2D eigenvalue weighted by Crippen LogP contribution is 2.13. The lowest BCUT2D eigenvalue weighted by Gasteiger charge is -2.23. The first-order chi connectivity index (χ1) is 9.17. The molecule has 1 aromatic carbocycles. The molecule has 19 heavy (non-hydrogen) atoms. The molecule has 1 atom stereocenters. The number of nitrogens with one attached hydrogen (secondary N) is 2. The van der Waals surface area contributed by atoms with E-state index in [9.17, 15) is 9.59 Å². The molecule has 2 N–H and O–H groups in total. The van der Waals surface area contributed by atoms with Crippen LogP contribution in [0.2, 0.25) is 0 Å². The molecule has 0 aromatic heterocycles. The van der Waals surface area contributed by atoms with Crippen LogP contribution in [0.5, 0.6) is 5.75 Å². The van der Waals surface area contributed by atoms with Gasteiger partial charge in [0.15, 0.2) is 0 Å². The summed E-state index contributed by atoms with van der Waals surface area (Å²) in [5.74, 6) is 0.674. The van der Waals surface area contributed by atoms with Gasteiger partial charge in [-0.15, -0.1) is 0 Å². The van der Waals surface area contributed by atoms with Crippen molar-refractivity contribution < 1.29 is 14.3 Å². The fraction of sp³-hybridized carbons (Fsp3) is 0.429. The van der Waals surface area contributed by atoms with Gasteiger partial charge in [-0.05, 0) is 24.1 Å². The Labute approximate surface area is 112 Å². The molecule has 1 aliphatic heterocycles. The van der Waals surface area contributed by atoms with Crippen molar-refractivity contribution in [3.8, 4) is 5.75 Å². The van der Waals surface area contributed by atoms with Gasteiger partial charge in [0.25, 0.3) is 0 Å². The first kappa shape index (κ1) is 13.4. The fourth-order valence-electron chi connectivity index (χ4n) is 2.15. The van der Waals surface area contributed by atoms with Gasteiger partial charge < -0.3 is 15.4 Å². The predicted octanol–water partition coefficient (Wildman–Crippen LogP) is 0.632. The maximum atomic E-state index is 11.9. The zero-order chi connectivity index (χ0) is 13.7. The third-order valence-electron chi connectivity index (χ3n) is 3.11. The molecule has 0 saturated carbocycles. The van der Waals surface area contributed by atoms with Gasteiger partial charge >= 0.3 is 0 Å². The number of carbonyl (C=O) groups is 2. The Hall–Kier alpha value is -2.04. The third-order valence-corrected chi connectivity index (χ3v) is 3.11. The van der Waals surface area contributed by atoms with Gasteiger partial charge in [0, 0.05) is 19.0 Å². The summed E-state index contributed by atoms with van der Waals surface area (Å²) in [4.78, 5) is 23.1. The monoisotopic (exact) mass is 262 g/mol. The summed E-state index contributed by atoms with van der Waals surface area (Å²) in [5, 5.41) is 5.64. The van der Waals surface area contributed by atoms with E-state index in [1.807, 2.05) is 24.3 Å². The van der Waals surface area contributed by atoms with Crippen LogP contribution in [0.4, 0.5) is 0 Å². The summed E-state index contributed by atoms with van der Waals surface area (Å²) in [6.45, 7) is 0.628. The summed E-state index contributed by atoms with van der Waals surface area (Å²) in [6, 6.07) is 7.37. The Kier molecular flexibility index (Phi) is 4.39. The molecule has 2 amide bonds. The van der Waals surface area contributed by atoms with E-state index in [1.165, 1.54) is 0 Å². The first-order valence-corrected chi connectivity index (χ1v) is 6.36. The van der Waals surface area contributed by atoms with Crippen molar-refractivity contribution in [3.63, 3.8) is 0 Å².